The van der Waals surface area contributed by atoms with Gasteiger partial charge < -0.3 is 10.6 Å². The Hall–Kier alpha value is -0.570. The lowest BCUT2D eigenvalue weighted by molar-refractivity contribution is -0.126. The Labute approximate surface area is 117 Å². The maximum atomic E-state index is 12.3. The minimum Gasteiger partial charge on any atom is -0.355 e. The first-order valence-electron chi connectivity index (χ1n) is 8.01. The third-order valence-electron chi connectivity index (χ3n) is 5.00. The van der Waals surface area contributed by atoms with Crippen LogP contribution < -0.4 is 10.6 Å². The van der Waals surface area contributed by atoms with Crippen LogP contribution in [-0.4, -0.2) is 25.5 Å². The van der Waals surface area contributed by atoms with Crippen molar-refractivity contribution in [3.8, 4) is 0 Å². The molecule has 2 rings (SSSR count). The molecule has 1 aliphatic heterocycles. The Balaban J connectivity index is 1.86. The van der Waals surface area contributed by atoms with Gasteiger partial charge in [0.15, 0.2) is 0 Å². The highest BCUT2D eigenvalue weighted by Gasteiger charge is 2.36. The molecule has 1 aliphatic carbocycles. The van der Waals surface area contributed by atoms with Crippen molar-refractivity contribution in [2.24, 2.45) is 23.2 Å². The van der Waals surface area contributed by atoms with E-state index in [1.165, 1.54) is 32.1 Å². The predicted molar refractivity (Wildman–Crippen MR) is 78.9 cm³/mol. The minimum atomic E-state index is 0.178. The number of carbonyl (C=O) groups is 1. The lowest BCUT2D eigenvalue weighted by Gasteiger charge is -2.32. The van der Waals surface area contributed by atoms with Gasteiger partial charge in [0.05, 0.1) is 5.92 Å². The number of carbonyl (C=O) groups excluding carboxylic acids is 1. The highest BCUT2D eigenvalue weighted by atomic mass is 16.1. The van der Waals surface area contributed by atoms with E-state index in [4.69, 9.17) is 0 Å². The Morgan fingerprint density at radius 3 is 2.53 bits per heavy atom. The topological polar surface area (TPSA) is 41.1 Å². The van der Waals surface area contributed by atoms with E-state index in [1.807, 2.05) is 0 Å². The molecule has 2 atom stereocenters. The molecule has 1 heterocycles. The third-order valence-corrected chi connectivity index (χ3v) is 5.00. The van der Waals surface area contributed by atoms with Crippen molar-refractivity contribution in [1.29, 1.82) is 0 Å². The van der Waals surface area contributed by atoms with Crippen LogP contribution in [0.3, 0.4) is 0 Å². The maximum absolute atomic E-state index is 12.3. The van der Waals surface area contributed by atoms with Gasteiger partial charge in [-0.05, 0) is 43.1 Å². The molecule has 0 unspecified atom stereocenters. The largest absolute Gasteiger partial charge is 0.355 e. The van der Waals surface area contributed by atoms with Crippen LogP contribution in [0.4, 0.5) is 0 Å². The van der Waals surface area contributed by atoms with Crippen LogP contribution in [0, 0.1) is 23.2 Å². The minimum absolute atomic E-state index is 0.178. The second-order valence-corrected chi connectivity index (χ2v) is 7.26. The molecule has 2 N–H and O–H groups in total. The molecule has 0 aromatic heterocycles. The Morgan fingerprint density at radius 2 is 2.00 bits per heavy atom. The molecule has 0 spiro atoms. The fraction of sp³-hybridized carbons (Fsp3) is 0.938. The second-order valence-electron chi connectivity index (χ2n) is 7.26. The van der Waals surface area contributed by atoms with E-state index < -0.39 is 0 Å². The maximum Gasteiger partial charge on any atom is 0.224 e. The molecule has 0 bridgehead atoms. The quantitative estimate of drug-likeness (QED) is 0.803. The molecule has 0 aromatic rings. The molecule has 2 fully saturated rings. The van der Waals surface area contributed by atoms with E-state index >= 15 is 0 Å². The molecule has 19 heavy (non-hydrogen) atoms. The van der Waals surface area contributed by atoms with Gasteiger partial charge in [-0.3, -0.25) is 4.79 Å². The molecule has 3 nitrogen and oxygen atoms in total. The van der Waals surface area contributed by atoms with Crippen LogP contribution in [0.15, 0.2) is 0 Å². The lowest BCUT2D eigenvalue weighted by Crippen LogP contribution is -2.41. The van der Waals surface area contributed by atoms with Crippen molar-refractivity contribution in [3.05, 3.63) is 0 Å². The first-order chi connectivity index (χ1) is 9.02. The van der Waals surface area contributed by atoms with E-state index in [1.54, 1.807) is 0 Å². The smallest absolute Gasteiger partial charge is 0.224 e. The highest BCUT2D eigenvalue weighted by molar-refractivity contribution is 5.79. The van der Waals surface area contributed by atoms with Crippen LogP contribution in [0.2, 0.25) is 0 Å². The Morgan fingerprint density at radius 1 is 1.32 bits per heavy atom. The summed E-state index contributed by atoms with van der Waals surface area (Å²) in [4.78, 5) is 12.3. The van der Waals surface area contributed by atoms with Crippen molar-refractivity contribution < 1.29 is 4.79 Å². The van der Waals surface area contributed by atoms with Crippen molar-refractivity contribution in [2.75, 3.05) is 19.6 Å². The first-order valence-corrected chi connectivity index (χ1v) is 8.01. The number of hydrogen-bond acceptors (Lipinski definition) is 2. The first kappa shape index (κ1) is 14.8. The van der Waals surface area contributed by atoms with Crippen LogP contribution in [-0.2, 0) is 4.79 Å². The fourth-order valence-electron chi connectivity index (χ4n) is 4.01. The summed E-state index contributed by atoms with van der Waals surface area (Å²) in [6.07, 6.45) is 6.52. The van der Waals surface area contributed by atoms with Gasteiger partial charge in [-0.2, -0.15) is 0 Å². The van der Waals surface area contributed by atoms with Gasteiger partial charge in [-0.1, -0.05) is 33.6 Å². The van der Waals surface area contributed by atoms with Crippen LogP contribution in [0.1, 0.15) is 52.9 Å². The molecular formula is C16H30N2O. The van der Waals surface area contributed by atoms with E-state index in [0.29, 0.717) is 11.3 Å². The fourth-order valence-corrected chi connectivity index (χ4v) is 4.01. The number of amides is 1. The van der Waals surface area contributed by atoms with Gasteiger partial charge in [0.1, 0.15) is 0 Å². The summed E-state index contributed by atoms with van der Waals surface area (Å²) >= 11 is 0. The zero-order chi connectivity index (χ0) is 13.9. The summed E-state index contributed by atoms with van der Waals surface area (Å²) in [6.45, 7) is 9.49. The van der Waals surface area contributed by atoms with Crippen molar-refractivity contribution >= 4 is 5.91 Å². The Bertz CT molecular complexity index is 308. The lowest BCUT2D eigenvalue weighted by atomic mass is 9.78. The molecular weight excluding hydrogens is 236 g/mol. The van der Waals surface area contributed by atoms with Crippen molar-refractivity contribution in [3.63, 3.8) is 0 Å². The molecule has 0 aromatic carbocycles. The van der Waals surface area contributed by atoms with Crippen molar-refractivity contribution in [2.45, 2.75) is 52.9 Å². The van der Waals surface area contributed by atoms with E-state index in [0.717, 1.165) is 25.6 Å². The number of hydrogen-bond donors (Lipinski definition) is 2. The summed E-state index contributed by atoms with van der Waals surface area (Å²) in [7, 11) is 0. The normalized spacial score (nSPS) is 29.9. The molecule has 1 amide bonds. The van der Waals surface area contributed by atoms with Gasteiger partial charge >= 0.3 is 0 Å². The third kappa shape index (κ3) is 3.71. The molecule has 0 radical (unpaired) electrons. The van der Waals surface area contributed by atoms with E-state index in [-0.39, 0.29) is 11.8 Å². The summed E-state index contributed by atoms with van der Waals surface area (Å²) in [6, 6.07) is 0. The standard InChI is InChI=1S/C16H30N2O/c1-12(2)8-16(6-4-5-7-16)11-18-15(19)14-10-17-9-13(14)3/h12-14,17H,4-11H2,1-3H3,(H,18,19)/t13-,14-/m1/s1. The highest BCUT2D eigenvalue weighted by Crippen LogP contribution is 2.42. The summed E-state index contributed by atoms with van der Waals surface area (Å²) in [5.41, 5.74) is 0.388. The van der Waals surface area contributed by atoms with E-state index in [9.17, 15) is 4.79 Å². The van der Waals surface area contributed by atoms with Gasteiger partial charge in [0, 0.05) is 13.1 Å². The summed E-state index contributed by atoms with van der Waals surface area (Å²) < 4.78 is 0. The molecule has 3 heteroatoms. The van der Waals surface area contributed by atoms with Gasteiger partial charge in [-0.25, -0.2) is 0 Å². The molecule has 110 valence electrons. The average molecular weight is 266 g/mol. The molecule has 2 aliphatic rings. The zero-order valence-corrected chi connectivity index (χ0v) is 12.8. The Kier molecular flexibility index (Phi) is 4.88. The number of nitrogens with one attached hydrogen (secondary N) is 2. The predicted octanol–water partition coefficient (Wildman–Crippen LogP) is 2.56. The number of rotatable bonds is 5. The van der Waals surface area contributed by atoms with Crippen LogP contribution >= 0.6 is 0 Å². The zero-order valence-electron chi connectivity index (χ0n) is 12.8. The van der Waals surface area contributed by atoms with Gasteiger partial charge in [-0.15, -0.1) is 0 Å². The van der Waals surface area contributed by atoms with Crippen LogP contribution in [0.5, 0.6) is 0 Å². The molecule has 1 saturated carbocycles. The monoisotopic (exact) mass is 266 g/mol. The van der Waals surface area contributed by atoms with Gasteiger partial charge in [0.2, 0.25) is 5.91 Å². The summed E-state index contributed by atoms with van der Waals surface area (Å²) in [5.74, 6) is 1.65. The summed E-state index contributed by atoms with van der Waals surface area (Å²) in [5, 5.41) is 6.58. The second kappa shape index (κ2) is 6.25. The molecule has 1 saturated heterocycles. The van der Waals surface area contributed by atoms with Gasteiger partial charge in [0.25, 0.3) is 0 Å². The van der Waals surface area contributed by atoms with E-state index in [2.05, 4.69) is 31.4 Å². The van der Waals surface area contributed by atoms with Crippen molar-refractivity contribution in [1.82, 2.24) is 10.6 Å². The SMILES string of the molecule is CC(C)CC1(CNC(=O)[C@@H]2CNC[C@H]2C)CCCC1. The van der Waals surface area contributed by atoms with Crippen LogP contribution in [0.25, 0.3) is 0 Å². The average Bonchev–Trinajstić information content (AvgIpc) is 2.95.